The van der Waals surface area contributed by atoms with E-state index >= 15 is 0 Å². The van der Waals surface area contributed by atoms with Gasteiger partial charge in [-0.3, -0.25) is 0 Å². The highest BCUT2D eigenvalue weighted by atomic mass is 16.4. The first kappa shape index (κ1) is 14.9. The molecule has 0 fully saturated rings. The van der Waals surface area contributed by atoms with Crippen LogP contribution in [0.5, 0.6) is 0 Å². The summed E-state index contributed by atoms with van der Waals surface area (Å²) < 4.78 is 0. The molecule has 4 heteroatoms. The minimum Gasteiger partial charge on any atom is -0.478 e. The summed E-state index contributed by atoms with van der Waals surface area (Å²) in [5.74, 6) is -0.983. The van der Waals surface area contributed by atoms with Crippen LogP contribution in [0.3, 0.4) is 0 Å². The van der Waals surface area contributed by atoms with Crippen LogP contribution < -0.4 is 11.1 Å². The number of nitrogens with one attached hydrogen (secondary N) is 1. The summed E-state index contributed by atoms with van der Waals surface area (Å²) in [6.07, 6.45) is 0. The topological polar surface area (TPSA) is 75.3 Å². The predicted molar refractivity (Wildman–Crippen MR) is 86.2 cm³/mol. The molecular formula is C17H20N2O2. The van der Waals surface area contributed by atoms with Crippen molar-refractivity contribution in [1.29, 1.82) is 0 Å². The van der Waals surface area contributed by atoms with Crippen molar-refractivity contribution in [1.82, 2.24) is 0 Å². The molecule has 0 unspecified atom stereocenters. The summed E-state index contributed by atoms with van der Waals surface area (Å²) in [5, 5.41) is 12.3. The molecule has 2 aromatic rings. The number of aromatic carboxylic acids is 1. The third-order valence-electron chi connectivity index (χ3n) is 3.30. The maximum atomic E-state index is 10.9. The van der Waals surface area contributed by atoms with E-state index in [0.717, 1.165) is 5.69 Å². The number of carboxylic acids is 1. The van der Waals surface area contributed by atoms with Crippen molar-refractivity contribution in [2.75, 3.05) is 11.1 Å². The largest absolute Gasteiger partial charge is 0.478 e. The van der Waals surface area contributed by atoms with E-state index in [4.69, 9.17) is 10.8 Å². The number of benzene rings is 2. The van der Waals surface area contributed by atoms with Crippen LogP contribution in [0.25, 0.3) is 0 Å². The first-order chi connectivity index (χ1) is 9.79. The second kappa shape index (κ2) is 5.48. The number of para-hydroxylation sites is 1. The van der Waals surface area contributed by atoms with Gasteiger partial charge in [0, 0.05) is 5.69 Å². The van der Waals surface area contributed by atoms with Gasteiger partial charge in [0.15, 0.2) is 0 Å². The fourth-order valence-electron chi connectivity index (χ4n) is 2.20. The number of nitrogens with two attached hydrogens (primary N) is 1. The number of nitrogen functional groups attached to an aromatic ring is 1. The van der Waals surface area contributed by atoms with Gasteiger partial charge in [0.1, 0.15) is 0 Å². The normalized spacial score (nSPS) is 11.2. The van der Waals surface area contributed by atoms with Crippen LogP contribution in [0, 0.1) is 0 Å². The maximum Gasteiger partial charge on any atom is 0.335 e. The standard InChI is InChI=1S/C17H20N2O2/c1-17(2,3)12-6-4-5-7-14(12)19-15-9-8-11(16(20)21)10-13(15)18/h4-10,19H,18H2,1-3H3,(H,20,21). The first-order valence-corrected chi connectivity index (χ1v) is 6.78. The first-order valence-electron chi connectivity index (χ1n) is 6.78. The summed E-state index contributed by atoms with van der Waals surface area (Å²) in [5.41, 5.74) is 9.39. The molecule has 0 amide bonds. The van der Waals surface area contributed by atoms with Gasteiger partial charge in [-0.25, -0.2) is 4.79 Å². The minimum absolute atomic E-state index is 0.000635. The summed E-state index contributed by atoms with van der Waals surface area (Å²) in [6.45, 7) is 6.43. The van der Waals surface area contributed by atoms with Crippen molar-refractivity contribution in [2.45, 2.75) is 26.2 Å². The quantitative estimate of drug-likeness (QED) is 0.744. The van der Waals surface area contributed by atoms with Crippen molar-refractivity contribution in [3.8, 4) is 0 Å². The molecule has 4 N–H and O–H groups in total. The van der Waals surface area contributed by atoms with Crippen LogP contribution in [-0.2, 0) is 5.41 Å². The van der Waals surface area contributed by atoms with Crippen molar-refractivity contribution >= 4 is 23.0 Å². The highest BCUT2D eigenvalue weighted by molar-refractivity contribution is 5.91. The SMILES string of the molecule is CC(C)(C)c1ccccc1Nc1ccc(C(=O)O)cc1N. The van der Waals surface area contributed by atoms with Crippen molar-refractivity contribution in [3.63, 3.8) is 0 Å². The van der Waals surface area contributed by atoms with E-state index in [1.54, 1.807) is 12.1 Å². The molecule has 110 valence electrons. The average Bonchev–Trinajstić information content (AvgIpc) is 2.40. The molecule has 0 saturated carbocycles. The Morgan fingerprint density at radius 2 is 1.76 bits per heavy atom. The van der Waals surface area contributed by atoms with Gasteiger partial charge in [-0.15, -0.1) is 0 Å². The van der Waals surface area contributed by atoms with E-state index in [2.05, 4.69) is 32.2 Å². The lowest BCUT2D eigenvalue weighted by Gasteiger charge is -2.23. The van der Waals surface area contributed by atoms with Crippen LogP contribution in [0.15, 0.2) is 42.5 Å². The van der Waals surface area contributed by atoms with Crippen LogP contribution in [0.4, 0.5) is 17.1 Å². The van der Waals surface area contributed by atoms with Gasteiger partial charge in [0.25, 0.3) is 0 Å². The van der Waals surface area contributed by atoms with Gasteiger partial charge in [0.05, 0.1) is 16.9 Å². The highest BCUT2D eigenvalue weighted by Crippen LogP contribution is 2.32. The van der Waals surface area contributed by atoms with E-state index < -0.39 is 5.97 Å². The Kier molecular flexibility index (Phi) is 3.89. The third kappa shape index (κ3) is 3.34. The molecular weight excluding hydrogens is 264 g/mol. The van der Waals surface area contributed by atoms with Crippen molar-refractivity contribution in [3.05, 3.63) is 53.6 Å². The van der Waals surface area contributed by atoms with Crippen LogP contribution >= 0.6 is 0 Å². The molecule has 2 aromatic carbocycles. The highest BCUT2D eigenvalue weighted by Gasteiger charge is 2.18. The second-order valence-electron chi connectivity index (χ2n) is 6.03. The van der Waals surface area contributed by atoms with Crippen molar-refractivity contribution in [2.24, 2.45) is 0 Å². The molecule has 0 bridgehead atoms. The predicted octanol–water partition coefficient (Wildman–Crippen LogP) is 4.01. The molecule has 0 saturated heterocycles. The lowest BCUT2D eigenvalue weighted by molar-refractivity contribution is 0.0697. The zero-order valence-electron chi connectivity index (χ0n) is 12.5. The number of carboxylic acid groups (broad SMARTS) is 1. The van der Waals surface area contributed by atoms with Crippen molar-refractivity contribution < 1.29 is 9.90 Å². The average molecular weight is 284 g/mol. The Balaban J connectivity index is 2.38. The second-order valence-corrected chi connectivity index (χ2v) is 6.03. The van der Waals surface area contributed by atoms with Gasteiger partial charge < -0.3 is 16.2 Å². The summed E-state index contributed by atoms with van der Waals surface area (Å²) >= 11 is 0. The molecule has 0 aromatic heterocycles. The minimum atomic E-state index is -0.983. The summed E-state index contributed by atoms with van der Waals surface area (Å²) in [7, 11) is 0. The molecule has 0 aliphatic carbocycles. The number of hydrogen-bond donors (Lipinski definition) is 3. The Bertz CT molecular complexity index is 673. The monoisotopic (exact) mass is 284 g/mol. The van der Waals surface area contributed by atoms with Gasteiger partial charge in [-0.1, -0.05) is 39.0 Å². The zero-order chi connectivity index (χ0) is 15.6. The number of carbonyl (C=O) groups is 1. The molecule has 0 aliphatic heterocycles. The van der Waals surface area contributed by atoms with E-state index in [1.165, 1.54) is 11.6 Å². The van der Waals surface area contributed by atoms with E-state index in [0.29, 0.717) is 11.4 Å². The maximum absolute atomic E-state index is 10.9. The number of hydrogen-bond acceptors (Lipinski definition) is 3. The summed E-state index contributed by atoms with van der Waals surface area (Å²) in [4.78, 5) is 10.9. The van der Waals surface area contributed by atoms with E-state index in [1.807, 2.05) is 18.2 Å². The lowest BCUT2D eigenvalue weighted by Crippen LogP contribution is -2.13. The number of rotatable bonds is 3. The Hall–Kier alpha value is -2.49. The molecule has 0 heterocycles. The smallest absolute Gasteiger partial charge is 0.335 e. The van der Waals surface area contributed by atoms with Gasteiger partial charge in [-0.2, -0.15) is 0 Å². The van der Waals surface area contributed by atoms with Gasteiger partial charge >= 0.3 is 5.97 Å². The number of anilines is 3. The Morgan fingerprint density at radius 3 is 2.33 bits per heavy atom. The fraction of sp³-hybridized carbons (Fsp3) is 0.235. The molecule has 2 rings (SSSR count). The molecule has 21 heavy (non-hydrogen) atoms. The van der Waals surface area contributed by atoms with E-state index in [9.17, 15) is 4.79 Å². The summed E-state index contributed by atoms with van der Waals surface area (Å²) in [6, 6.07) is 12.7. The van der Waals surface area contributed by atoms with Gasteiger partial charge in [0.2, 0.25) is 0 Å². The van der Waals surface area contributed by atoms with Crippen LogP contribution in [0.1, 0.15) is 36.7 Å². The molecule has 0 spiro atoms. The van der Waals surface area contributed by atoms with Gasteiger partial charge in [-0.05, 0) is 35.2 Å². The fourth-order valence-corrected chi connectivity index (χ4v) is 2.20. The third-order valence-corrected chi connectivity index (χ3v) is 3.30. The molecule has 0 atom stereocenters. The Labute approximate surface area is 124 Å². The zero-order valence-corrected chi connectivity index (χ0v) is 12.5. The Morgan fingerprint density at radius 1 is 1.10 bits per heavy atom. The van der Waals surface area contributed by atoms with Crippen LogP contribution in [0.2, 0.25) is 0 Å². The van der Waals surface area contributed by atoms with Crippen LogP contribution in [-0.4, -0.2) is 11.1 Å². The molecule has 0 radical (unpaired) electrons. The van der Waals surface area contributed by atoms with E-state index in [-0.39, 0.29) is 11.0 Å². The molecule has 4 nitrogen and oxygen atoms in total. The molecule has 0 aliphatic rings. The lowest BCUT2D eigenvalue weighted by atomic mass is 9.86.